The molecule has 0 saturated heterocycles. The van der Waals surface area contributed by atoms with Gasteiger partial charge in [-0.3, -0.25) is 4.98 Å². The van der Waals surface area contributed by atoms with E-state index in [4.69, 9.17) is 27.5 Å². The third kappa shape index (κ3) is 6.90. The summed E-state index contributed by atoms with van der Waals surface area (Å²) in [7, 11) is 2.79. The number of halogens is 3. The van der Waals surface area contributed by atoms with Crippen molar-refractivity contribution < 1.29 is 18.6 Å². The molecular weight excluding hydrogens is 516 g/mol. The van der Waals surface area contributed by atoms with Crippen molar-refractivity contribution >= 4 is 28.8 Å². The number of aromatic nitrogens is 5. The highest BCUT2D eigenvalue weighted by Crippen LogP contribution is 2.29. The summed E-state index contributed by atoms with van der Waals surface area (Å²) in [6.45, 7) is -0.921. The number of hydrogen-bond acceptors (Lipinski definition) is 8. The van der Waals surface area contributed by atoms with Crippen molar-refractivity contribution in [3.05, 3.63) is 83.9 Å². The van der Waals surface area contributed by atoms with Crippen molar-refractivity contribution in [2.45, 2.75) is 13.5 Å². The van der Waals surface area contributed by atoms with Crippen LogP contribution in [0.1, 0.15) is 5.56 Å². The number of anilines is 2. The molecule has 5 aromatic rings. The van der Waals surface area contributed by atoms with Crippen LogP contribution in [-0.4, -0.2) is 50.4 Å². The molecule has 4 heterocycles. The predicted octanol–water partition coefficient (Wildman–Crippen LogP) is 5.34. The molecule has 0 fully saturated rings. The first-order valence-corrected chi connectivity index (χ1v) is 11.6. The van der Waals surface area contributed by atoms with Gasteiger partial charge in [-0.15, -0.1) is 0 Å². The van der Waals surface area contributed by atoms with Crippen LogP contribution in [0.3, 0.4) is 0 Å². The molecule has 9 nitrogen and oxygen atoms in total. The van der Waals surface area contributed by atoms with Crippen LogP contribution >= 0.6 is 11.6 Å². The van der Waals surface area contributed by atoms with Crippen LogP contribution in [0.25, 0.3) is 28.2 Å². The number of nitrogens with one attached hydrogen (secondary N) is 1. The van der Waals surface area contributed by atoms with Crippen molar-refractivity contribution in [3.63, 3.8) is 0 Å². The van der Waals surface area contributed by atoms with Crippen LogP contribution in [-0.2, 0) is 0 Å². The van der Waals surface area contributed by atoms with Crippen LogP contribution < -0.4 is 15.8 Å². The second kappa shape index (κ2) is 13.3. The van der Waals surface area contributed by atoms with E-state index in [9.17, 15) is 8.78 Å². The third-order valence-corrected chi connectivity index (χ3v) is 5.38. The van der Waals surface area contributed by atoms with E-state index in [1.807, 2.05) is 43.3 Å². The second-order valence-electron chi connectivity index (χ2n) is 7.58. The van der Waals surface area contributed by atoms with Gasteiger partial charge in [0.25, 0.3) is 0 Å². The number of pyridine rings is 2. The summed E-state index contributed by atoms with van der Waals surface area (Å²) in [5.74, 6) is 0.626. The van der Waals surface area contributed by atoms with Gasteiger partial charge >= 0.3 is 6.61 Å². The first kappa shape index (κ1) is 28.2. The summed E-state index contributed by atoms with van der Waals surface area (Å²) in [6, 6.07) is 15.9. The summed E-state index contributed by atoms with van der Waals surface area (Å²) < 4.78 is 29.2. The maximum absolute atomic E-state index is 11.6. The zero-order valence-corrected chi connectivity index (χ0v) is 21.6. The summed E-state index contributed by atoms with van der Waals surface area (Å²) >= 11 is 6.06. The van der Waals surface area contributed by atoms with E-state index in [2.05, 4.69) is 25.0 Å². The molecular formula is C26H26ClF2N7O2. The molecule has 0 atom stereocenters. The molecule has 0 saturated carbocycles. The Balaban J connectivity index is 0.000000259. The fourth-order valence-corrected chi connectivity index (χ4v) is 3.64. The Labute approximate surface area is 222 Å². The molecule has 0 radical (unpaired) electrons. The monoisotopic (exact) mass is 541 g/mol. The lowest BCUT2D eigenvalue weighted by Crippen LogP contribution is -2.01. The smallest absolute Gasteiger partial charge is 0.387 e. The number of fused-ring (bicyclic) bond motifs is 1. The Kier molecular flexibility index (Phi) is 9.85. The van der Waals surface area contributed by atoms with Crippen molar-refractivity contribution in [1.29, 1.82) is 0 Å². The van der Waals surface area contributed by atoms with Crippen LogP contribution in [0.4, 0.5) is 20.3 Å². The Hall–Kier alpha value is -4.35. The number of nitrogens with zero attached hydrogens (tertiary/aromatic N) is 5. The van der Waals surface area contributed by atoms with Crippen molar-refractivity contribution in [2.24, 2.45) is 0 Å². The molecule has 38 heavy (non-hydrogen) atoms. The van der Waals surface area contributed by atoms with Crippen molar-refractivity contribution in [1.82, 2.24) is 24.6 Å². The molecule has 0 aliphatic heterocycles. The zero-order valence-electron chi connectivity index (χ0n) is 20.8. The van der Waals surface area contributed by atoms with E-state index >= 15 is 0 Å². The number of aliphatic hydroxyl groups excluding tert-OH is 1. The average molecular weight is 542 g/mol. The minimum Gasteiger partial charge on any atom is -0.435 e. The number of rotatable bonds is 5. The van der Waals surface area contributed by atoms with Crippen LogP contribution in [0.5, 0.6) is 5.75 Å². The number of nitrogens with two attached hydrogens (primary N) is 1. The molecule has 4 N–H and O–H groups in total. The first-order chi connectivity index (χ1) is 18.4. The zero-order chi connectivity index (χ0) is 27.7. The minimum atomic E-state index is -2.74. The largest absolute Gasteiger partial charge is 0.435 e. The van der Waals surface area contributed by atoms with Gasteiger partial charge in [0.1, 0.15) is 11.4 Å². The molecule has 0 aliphatic rings. The Morgan fingerprint density at radius 2 is 1.79 bits per heavy atom. The number of hydrogen-bond donors (Lipinski definition) is 3. The lowest BCUT2D eigenvalue weighted by atomic mass is 10.2. The second-order valence-corrected chi connectivity index (χ2v) is 7.94. The molecule has 0 bridgehead atoms. The Morgan fingerprint density at radius 1 is 1.05 bits per heavy atom. The molecule has 5 rings (SSSR count). The van der Waals surface area contributed by atoms with E-state index < -0.39 is 6.61 Å². The maximum atomic E-state index is 11.6. The third-order valence-electron chi connectivity index (χ3n) is 5.08. The number of ether oxygens (including phenoxy) is 1. The molecule has 1 aromatic carbocycles. The molecule has 4 aromatic heterocycles. The number of benzene rings is 1. The van der Waals surface area contributed by atoms with Crippen LogP contribution in [0.2, 0.25) is 5.15 Å². The van der Waals surface area contributed by atoms with Crippen LogP contribution in [0, 0.1) is 6.92 Å². The topological polar surface area (TPSA) is 123 Å². The number of aryl methyl sites for hydroxylation is 1. The summed E-state index contributed by atoms with van der Waals surface area (Å²) in [6.07, 6.45) is 5.10. The SMILES string of the molecule is CNc1cc(-c2ccc3nc(N)c(-c4ccncc4)n3n2)cnc1Cl.CO.Cc1cccc(OC(F)F)c1. The minimum absolute atomic E-state index is 0.208. The number of aliphatic hydroxyl groups is 1. The normalized spacial score (nSPS) is 10.3. The van der Waals surface area contributed by atoms with E-state index in [0.717, 1.165) is 40.9 Å². The van der Waals surface area contributed by atoms with E-state index in [-0.39, 0.29) is 5.75 Å². The van der Waals surface area contributed by atoms with Gasteiger partial charge in [-0.2, -0.15) is 13.9 Å². The number of nitrogen functional groups attached to an aromatic ring is 1. The van der Waals surface area contributed by atoms with Crippen molar-refractivity contribution in [3.8, 4) is 28.3 Å². The Bertz CT molecular complexity index is 1480. The number of alkyl halides is 2. The Morgan fingerprint density at radius 3 is 2.45 bits per heavy atom. The highest BCUT2D eigenvalue weighted by atomic mass is 35.5. The lowest BCUT2D eigenvalue weighted by Gasteiger charge is -2.07. The van der Waals surface area contributed by atoms with E-state index in [1.54, 1.807) is 42.3 Å². The van der Waals surface area contributed by atoms with Gasteiger partial charge in [-0.1, -0.05) is 23.7 Å². The first-order valence-electron chi connectivity index (χ1n) is 11.2. The summed E-state index contributed by atoms with van der Waals surface area (Å²) in [5.41, 5.74) is 11.6. The summed E-state index contributed by atoms with van der Waals surface area (Å²) in [4.78, 5) is 12.6. The maximum Gasteiger partial charge on any atom is 0.387 e. The highest BCUT2D eigenvalue weighted by Gasteiger charge is 2.14. The fourth-order valence-electron chi connectivity index (χ4n) is 3.44. The van der Waals surface area contributed by atoms with Gasteiger partial charge in [0, 0.05) is 43.9 Å². The van der Waals surface area contributed by atoms with Crippen LogP contribution in [0.15, 0.2) is 73.2 Å². The highest BCUT2D eigenvalue weighted by molar-refractivity contribution is 6.32. The van der Waals surface area contributed by atoms with Gasteiger partial charge in [0.2, 0.25) is 0 Å². The van der Waals surface area contributed by atoms with Gasteiger partial charge in [-0.25, -0.2) is 14.5 Å². The summed E-state index contributed by atoms with van der Waals surface area (Å²) in [5, 5.41) is 15.1. The van der Waals surface area contributed by atoms with Gasteiger partial charge in [0.15, 0.2) is 16.6 Å². The molecule has 0 aliphatic carbocycles. The molecule has 12 heteroatoms. The van der Waals surface area contributed by atoms with Gasteiger partial charge in [-0.05, 0) is 55.0 Å². The lowest BCUT2D eigenvalue weighted by molar-refractivity contribution is -0.0498. The van der Waals surface area contributed by atoms with E-state index in [0.29, 0.717) is 16.6 Å². The van der Waals surface area contributed by atoms with E-state index in [1.165, 1.54) is 6.07 Å². The number of imidazole rings is 1. The average Bonchev–Trinajstić information content (AvgIpc) is 3.25. The molecule has 0 unspecified atom stereocenters. The molecule has 0 spiro atoms. The van der Waals surface area contributed by atoms with Crippen molar-refractivity contribution in [2.75, 3.05) is 25.2 Å². The quantitative estimate of drug-likeness (QED) is 0.255. The fraction of sp³-hybridized carbons (Fsp3) is 0.154. The molecule has 0 amide bonds. The predicted molar refractivity (Wildman–Crippen MR) is 144 cm³/mol. The van der Waals surface area contributed by atoms with Gasteiger partial charge < -0.3 is 20.9 Å². The molecule has 198 valence electrons. The standard InChI is InChI=1S/C17H14ClN7.C8H8F2O.CH4O/c1-20-13-8-11(9-22-16(13)18)12-2-3-14-23-17(19)15(25(14)24-12)10-4-6-21-7-5-10;1-6-3-2-4-7(5-6)11-8(9)10;1-2/h2-9,20H,19H2,1H3;2-5,8H,1H3;2H,1H3. The van der Waals surface area contributed by atoms with Gasteiger partial charge in [0.05, 0.1) is 11.4 Å².